The van der Waals surface area contributed by atoms with Crippen molar-refractivity contribution in [2.24, 2.45) is 7.05 Å². The standard InChI is InChI=1S/C21H22N6O3/c1-3-30-17-11-22-21(23-12-17)15-6-4-5-14(9-15)20(29)19-18(28)7-8-24-27(19)16-10-25-26(2)13-16/h4-13,19-20,24,29H,3H2,1-2H3/i7D,8D/hD. The quantitative estimate of drug-likeness (QED) is 0.635. The van der Waals surface area contributed by atoms with Crippen LogP contribution < -0.4 is 15.2 Å². The summed E-state index contributed by atoms with van der Waals surface area (Å²) in [4.78, 5) is 21.6. The molecule has 0 spiro atoms. The van der Waals surface area contributed by atoms with E-state index in [4.69, 9.17) is 8.89 Å². The number of aliphatic hydroxyl groups excluding tert-OH is 1. The number of anilines is 1. The molecule has 0 fully saturated rings. The zero-order valence-corrected chi connectivity index (χ0v) is 16.4. The zero-order chi connectivity index (χ0) is 23.7. The van der Waals surface area contributed by atoms with Crippen LogP contribution in [0.2, 0.25) is 1.41 Å². The molecule has 0 amide bonds. The number of aliphatic hydroxyl groups is 1. The van der Waals surface area contributed by atoms with Crippen LogP contribution in [0.1, 0.15) is 21.3 Å². The largest absolute Gasteiger partial charge is 0.491 e. The van der Waals surface area contributed by atoms with Gasteiger partial charge in [-0.1, -0.05) is 18.2 Å². The molecule has 0 radical (unpaired) electrons. The topological polar surface area (TPSA) is 105 Å². The van der Waals surface area contributed by atoms with Gasteiger partial charge in [0.1, 0.15) is 12.1 Å². The lowest BCUT2D eigenvalue weighted by Crippen LogP contribution is -2.53. The van der Waals surface area contributed by atoms with Crippen molar-refractivity contribution in [3.63, 3.8) is 0 Å². The van der Waals surface area contributed by atoms with Crippen LogP contribution in [0.15, 0.2) is 61.3 Å². The predicted molar refractivity (Wildman–Crippen MR) is 110 cm³/mol. The van der Waals surface area contributed by atoms with Crippen LogP contribution in [0, 0.1) is 0 Å². The van der Waals surface area contributed by atoms with Crippen LogP contribution in [0.5, 0.6) is 5.75 Å². The number of nitrogens with zero attached hydrogens (tertiary/aromatic N) is 5. The van der Waals surface area contributed by atoms with Crippen molar-refractivity contribution >= 4 is 11.5 Å². The predicted octanol–water partition coefficient (Wildman–Crippen LogP) is 1.79. The fraction of sp³-hybridized carbons (Fsp3) is 0.238. The normalized spacial score (nSPS) is 19.4. The molecule has 2 N–H and O–H groups in total. The lowest BCUT2D eigenvalue weighted by atomic mass is 9.95. The lowest BCUT2D eigenvalue weighted by molar-refractivity contribution is -0.118. The molecule has 0 saturated carbocycles. The van der Waals surface area contributed by atoms with Crippen molar-refractivity contribution in [2.75, 3.05) is 11.6 Å². The maximum absolute atomic E-state index is 13.0. The molecule has 1 aromatic carbocycles. The molecule has 154 valence electrons. The van der Waals surface area contributed by atoms with Gasteiger partial charge in [-0.05, 0) is 18.6 Å². The highest BCUT2D eigenvalue weighted by molar-refractivity contribution is 5.98. The third-order valence-corrected chi connectivity index (χ3v) is 4.55. The molecule has 0 saturated heterocycles. The molecule has 3 heterocycles. The summed E-state index contributed by atoms with van der Waals surface area (Å²) in [5.74, 6) is 0.166. The second-order valence-electron chi connectivity index (χ2n) is 6.61. The van der Waals surface area contributed by atoms with Gasteiger partial charge < -0.3 is 15.3 Å². The summed E-state index contributed by atoms with van der Waals surface area (Å²) in [7, 11) is 1.67. The number of nitrogens with one attached hydrogen (secondary N) is 1. The molecule has 9 heteroatoms. The van der Waals surface area contributed by atoms with E-state index < -0.39 is 30.2 Å². The third-order valence-electron chi connectivity index (χ3n) is 4.55. The Hall–Kier alpha value is -3.72. The highest BCUT2D eigenvalue weighted by Crippen LogP contribution is 2.29. The minimum Gasteiger partial charge on any atom is -0.491 e. The summed E-state index contributed by atoms with van der Waals surface area (Å²) in [5.41, 5.74) is 1.92. The summed E-state index contributed by atoms with van der Waals surface area (Å²) >= 11 is 0. The Balaban J connectivity index is 1.71. The van der Waals surface area contributed by atoms with E-state index in [9.17, 15) is 9.90 Å². The SMILES string of the molecule is [2H]C1=C([2H])N([2H])N(c2cnn(C)c2)C(C(O)c2cccc(-c3ncc(OCC)cn3)c2)C1=O. The van der Waals surface area contributed by atoms with Crippen molar-refractivity contribution in [2.45, 2.75) is 19.1 Å². The molecular weight excluding hydrogens is 384 g/mol. The first-order valence-electron chi connectivity index (χ1n) is 10.8. The van der Waals surface area contributed by atoms with Crippen molar-refractivity contribution in [1.82, 2.24) is 25.2 Å². The van der Waals surface area contributed by atoms with Crippen LogP contribution in [-0.4, -0.2) is 43.3 Å². The highest BCUT2D eigenvalue weighted by atomic mass is 16.5. The molecule has 1 aliphatic heterocycles. The van der Waals surface area contributed by atoms with Crippen molar-refractivity contribution in [1.29, 1.82) is 0 Å². The number of ketones is 1. The van der Waals surface area contributed by atoms with Crippen molar-refractivity contribution < 1.29 is 18.8 Å². The fourth-order valence-electron chi connectivity index (χ4n) is 3.15. The average molecular weight is 409 g/mol. The van der Waals surface area contributed by atoms with Gasteiger partial charge in [-0.25, -0.2) is 9.97 Å². The maximum atomic E-state index is 13.0. The molecule has 2 aromatic heterocycles. The summed E-state index contributed by atoms with van der Waals surface area (Å²) in [6, 6.07) is 4.75. The summed E-state index contributed by atoms with van der Waals surface area (Å²) < 4.78 is 31.1. The number of hydrazine groups is 1. The molecule has 1 aliphatic rings. The molecule has 0 aliphatic carbocycles. The van der Waals surface area contributed by atoms with E-state index in [2.05, 4.69) is 15.1 Å². The molecule has 4 rings (SSSR count). The van der Waals surface area contributed by atoms with E-state index in [1.807, 2.05) is 6.92 Å². The summed E-state index contributed by atoms with van der Waals surface area (Å²) in [6.45, 7) is 2.35. The van der Waals surface area contributed by atoms with E-state index in [0.29, 0.717) is 40.4 Å². The number of ether oxygens (including phenoxy) is 1. The van der Waals surface area contributed by atoms with Gasteiger partial charge in [0.25, 0.3) is 0 Å². The van der Waals surface area contributed by atoms with Gasteiger partial charge in [0.15, 0.2) is 18.8 Å². The van der Waals surface area contributed by atoms with Crippen LogP contribution in [0.25, 0.3) is 11.4 Å². The van der Waals surface area contributed by atoms with Gasteiger partial charge in [0, 0.05) is 31.0 Å². The molecule has 9 nitrogen and oxygen atoms in total. The summed E-state index contributed by atoms with van der Waals surface area (Å²) in [5, 5.41) is 16.4. The van der Waals surface area contributed by atoms with Gasteiger partial charge in [-0.3, -0.25) is 14.5 Å². The molecule has 2 unspecified atom stereocenters. The minimum atomic E-state index is -1.42. The summed E-state index contributed by atoms with van der Waals surface area (Å²) in [6.07, 6.45) is 4.07. The van der Waals surface area contributed by atoms with E-state index >= 15 is 0 Å². The Morgan fingerprint density at radius 3 is 2.87 bits per heavy atom. The number of hydrogen-bond donors (Lipinski definition) is 2. The number of benzene rings is 1. The lowest BCUT2D eigenvalue weighted by Gasteiger charge is -2.36. The number of rotatable bonds is 6. The van der Waals surface area contributed by atoms with Crippen LogP contribution in [0.4, 0.5) is 5.69 Å². The zero-order valence-electron chi connectivity index (χ0n) is 19.4. The molecule has 30 heavy (non-hydrogen) atoms. The minimum absolute atomic E-state index is 0.327. The first-order chi connectivity index (χ1) is 15.8. The second-order valence-corrected chi connectivity index (χ2v) is 6.61. The fourth-order valence-corrected chi connectivity index (χ4v) is 3.15. The third kappa shape index (κ3) is 3.87. The maximum Gasteiger partial charge on any atom is 0.187 e. The Labute approximate surface area is 177 Å². The first-order valence-corrected chi connectivity index (χ1v) is 9.33. The van der Waals surface area contributed by atoms with Crippen LogP contribution in [-0.2, 0) is 11.8 Å². The van der Waals surface area contributed by atoms with E-state index in [1.54, 1.807) is 49.9 Å². The smallest absolute Gasteiger partial charge is 0.187 e. The van der Waals surface area contributed by atoms with Gasteiger partial charge in [0.2, 0.25) is 0 Å². The van der Waals surface area contributed by atoms with E-state index in [-0.39, 0.29) is 0 Å². The Morgan fingerprint density at radius 2 is 2.17 bits per heavy atom. The average Bonchev–Trinajstić information content (AvgIpc) is 3.26. The van der Waals surface area contributed by atoms with Crippen molar-refractivity contribution in [3.05, 3.63) is 66.8 Å². The van der Waals surface area contributed by atoms with Gasteiger partial charge in [-0.2, -0.15) is 5.10 Å². The highest BCUT2D eigenvalue weighted by Gasteiger charge is 2.35. The number of carbonyl (C=O) groups excluding carboxylic acids is 1. The van der Waals surface area contributed by atoms with Crippen molar-refractivity contribution in [3.8, 4) is 17.1 Å². The second kappa shape index (κ2) is 8.34. The monoisotopic (exact) mass is 409 g/mol. The van der Waals surface area contributed by atoms with Crippen LogP contribution >= 0.6 is 0 Å². The Morgan fingerprint density at radius 1 is 1.37 bits per heavy atom. The number of aryl methyl sites for hydroxylation is 1. The molecule has 3 aromatic rings. The van der Waals surface area contributed by atoms with Gasteiger partial charge >= 0.3 is 0 Å². The molecular formula is C21H22N6O3. The number of carbonyl (C=O) groups is 1. The van der Waals surface area contributed by atoms with Crippen LogP contribution in [0.3, 0.4) is 0 Å². The molecule has 0 bridgehead atoms. The Bertz CT molecular complexity index is 1200. The van der Waals surface area contributed by atoms with Gasteiger partial charge in [-0.15, -0.1) is 0 Å². The van der Waals surface area contributed by atoms with Gasteiger partial charge in [0.05, 0.1) is 33.6 Å². The van der Waals surface area contributed by atoms with E-state index in [1.165, 1.54) is 10.9 Å². The first kappa shape index (κ1) is 16.1. The number of hydrogen-bond acceptors (Lipinski definition) is 8. The molecule has 2 atom stereocenters. The number of aromatic nitrogens is 4. The van der Waals surface area contributed by atoms with E-state index in [0.717, 1.165) is 5.01 Å². The Kier molecular flexibility index (Phi) is 4.48.